The fraction of sp³-hybridized carbons (Fsp3) is 0.286. The van der Waals surface area contributed by atoms with Gasteiger partial charge in [-0.05, 0) is 32.0 Å². The van der Waals surface area contributed by atoms with E-state index in [1.807, 2.05) is 25.4 Å². The quantitative estimate of drug-likeness (QED) is 0.330. The molecule has 1 fully saturated rings. The average Bonchev–Trinajstić information content (AvgIpc) is 3.32. The Morgan fingerprint density at radius 2 is 1.85 bits per heavy atom. The molecule has 204 valence electrons. The molecule has 6 rings (SSSR count). The van der Waals surface area contributed by atoms with Gasteiger partial charge in [-0.1, -0.05) is 0 Å². The maximum absolute atomic E-state index is 13.7. The number of amides is 1. The molecule has 2 N–H and O–H groups in total. The van der Waals surface area contributed by atoms with Crippen molar-refractivity contribution in [1.82, 2.24) is 35.0 Å². The monoisotopic (exact) mass is 539 g/mol. The number of rotatable bonds is 6. The van der Waals surface area contributed by atoms with Crippen LogP contribution in [0.5, 0.6) is 17.5 Å². The van der Waals surface area contributed by atoms with Gasteiger partial charge in [0.25, 0.3) is 5.91 Å². The van der Waals surface area contributed by atoms with E-state index in [4.69, 9.17) is 9.47 Å². The number of hydrogen-bond acceptors (Lipinski definition) is 10. The van der Waals surface area contributed by atoms with E-state index in [2.05, 4.69) is 54.4 Å². The zero-order valence-corrected chi connectivity index (χ0v) is 22.6. The van der Waals surface area contributed by atoms with Crippen LogP contribution in [-0.2, 0) is 7.05 Å². The van der Waals surface area contributed by atoms with Crippen molar-refractivity contribution < 1.29 is 14.3 Å². The van der Waals surface area contributed by atoms with Crippen LogP contribution in [0.4, 0.5) is 11.4 Å². The molecular formula is C28H29N9O3. The van der Waals surface area contributed by atoms with Crippen molar-refractivity contribution in [1.29, 1.82) is 0 Å². The molecule has 0 aliphatic carbocycles. The molecule has 0 radical (unpaired) electrons. The molecule has 0 saturated carbocycles. The second-order valence-corrected chi connectivity index (χ2v) is 9.97. The summed E-state index contributed by atoms with van der Waals surface area (Å²) in [4.78, 5) is 33.0. The predicted octanol–water partition coefficient (Wildman–Crippen LogP) is 3.55. The number of aromatic nitrogens is 6. The Labute approximate surface area is 230 Å². The van der Waals surface area contributed by atoms with E-state index in [1.54, 1.807) is 35.4 Å². The first-order valence-corrected chi connectivity index (χ1v) is 12.9. The molecule has 2 unspecified atom stereocenters. The second-order valence-electron chi connectivity index (χ2n) is 9.97. The third kappa shape index (κ3) is 4.96. The Morgan fingerprint density at radius 1 is 1.07 bits per heavy atom. The lowest BCUT2D eigenvalue weighted by molar-refractivity contribution is 0.102. The summed E-state index contributed by atoms with van der Waals surface area (Å²) >= 11 is 0. The molecular weight excluding hydrogens is 510 g/mol. The first-order chi connectivity index (χ1) is 19.4. The fourth-order valence-corrected chi connectivity index (χ4v) is 5.21. The summed E-state index contributed by atoms with van der Waals surface area (Å²) in [6.45, 7) is 5.98. The molecule has 12 nitrogen and oxygen atoms in total. The van der Waals surface area contributed by atoms with Crippen LogP contribution in [0.1, 0.15) is 24.2 Å². The molecule has 2 atom stereocenters. The van der Waals surface area contributed by atoms with E-state index in [0.717, 1.165) is 29.5 Å². The molecule has 2 aromatic carbocycles. The third-order valence-corrected chi connectivity index (χ3v) is 6.74. The van der Waals surface area contributed by atoms with Crippen LogP contribution >= 0.6 is 0 Å². The second kappa shape index (κ2) is 10.4. The largest absolute Gasteiger partial charge is 0.467 e. The van der Waals surface area contributed by atoms with E-state index in [9.17, 15) is 4.79 Å². The van der Waals surface area contributed by atoms with Gasteiger partial charge in [-0.3, -0.25) is 9.48 Å². The summed E-state index contributed by atoms with van der Waals surface area (Å²) in [6.07, 6.45) is 8.13. The molecule has 5 aromatic rings. The number of anilines is 2. The molecule has 1 aliphatic rings. The summed E-state index contributed by atoms with van der Waals surface area (Å²) in [5.41, 5.74) is 3.09. The number of fused-ring (bicyclic) bond motifs is 2. The lowest BCUT2D eigenvalue weighted by atomic mass is 10.0. The summed E-state index contributed by atoms with van der Waals surface area (Å²) in [5.74, 6) is 0.603. The summed E-state index contributed by atoms with van der Waals surface area (Å²) in [7, 11) is 3.33. The van der Waals surface area contributed by atoms with E-state index in [0.29, 0.717) is 45.9 Å². The number of nitrogens with zero attached hydrogens (tertiary/aromatic N) is 7. The van der Waals surface area contributed by atoms with E-state index >= 15 is 0 Å². The van der Waals surface area contributed by atoms with Crippen molar-refractivity contribution >= 4 is 39.1 Å². The Bertz CT molecular complexity index is 1700. The van der Waals surface area contributed by atoms with Crippen LogP contribution < -0.4 is 25.0 Å². The topological polar surface area (TPSA) is 132 Å². The number of benzene rings is 2. The average molecular weight is 540 g/mol. The molecule has 4 heterocycles. The Hall–Kier alpha value is -4.84. The van der Waals surface area contributed by atoms with Gasteiger partial charge in [-0.15, -0.1) is 0 Å². The highest BCUT2D eigenvalue weighted by Gasteiger charge is 2.25. The molecule has 0 bridgehead atoms. The molecule has 1 saturated heterocycles. The van der Waals surface area contributed by atoms with E-state index in [-0.39, 0.29) is 11.9 Å². The van der Waals surface area contributed by atoms with Gasteiger partial charge in [0.05, 0.1) is 30.6 Å². The SMILES string of the molecule is COc1ncc2c(N3CC(C)NC(C)C3)ccc(C(=O)Nc3cc(Oc4cncnc4)c4nn(C)cc4c3)c2n1. The van der Waals surface area contributed by atoms with Gasteiger partial charge in [-0.25, -0.2) is 15.0 Å². The van der Waals surface area contributed by atoms with Gasteiger partial charge in [-0.2, -0.15) is 10.1 Å². The predicted molar refractivity (Wildman–Crippen MR) is 151 cm³/mol. The number of carbonyl (C=O) groups is 1. The van der Waals surface area contributed by atoms with Gasteiger partial charge in [0.15, 0.2) is 11.5 Å². The zero-order chi connectivity index (χ0) is 27.8. The number of carbonyl (C=O) groups excluding carboxylic acids is 1. The highest BCUT2D eigenvalue weighted by Crippen LogP contribution is 2.34. The van der Waals surface area contributed by atoms with Crippen LogP contribution in [0.25, 0.3) is 21.8 Å². The third-order valence-electron chi connectivity index (χ3n) is 6.74. The Balaban J connectivity index is 1.37. The van der Waals surface area contributed by atoms with Crippen molar-refractivity contribution in [3.8, 4) is 17.5 Å². The maximum Gasteiger partial charge on any atom is 0.316 e. The minimum absolute atomic E-state index is 0.193. The van der Waals surface area contributed by atoms with E-state index in [1.165, 1.54) is 13.4 Å². The lowest BCUT2D eigenvalue weighted by Crippen LogP contribution is -2.54. The Kier molecular flexibility index (Phi) is 6.60. The van der Waals surface area contributed by atoms with Crippen LogP contribution in [0.3, 0.4) is 0 Å². The molecule has 40 heavy (non-hydrogen) atoms. The maximum atomic E-state index is 13.7. The highest BCUT2D eigenvalue weighted by molar-refractivity contribution is 6.14. The number of methoxy groups -OCH3 is 1. The minimum atomic E-state index is -0.323. The van der Waals surface area contributed by atoms with Crippen molar-refractivity contribution in [2.24, 2.45) is 7.05 Å². The van der Waals surface area contributed by atoms with Gasteiger partial charge < -0.3 is 25.0 Å². The molecule has 1 amide bonds. The molecule has 1 aliphatic heterocycles. The van der Waals surface area contributed by atoms with Gasteiger partial charge >= 0.3 is 6.01 Å². The number of aryl methyl sites for hydroxylation is 1. The van der Waals surface area contributed by atoms with Crippen molar-refractivity contribution in [2.45, 2.75) is 25.9 Å². The minimum Gasteiger partial charge on any atom is -0.467 e. The highest BCUT2D eigenvalue weighted by atomic mass is 16.5. The standard InChI is InChI=1S/C28H29N9O3/c1-16-12-37(13-17(2)32-16)23-6-5-21(26-22(23)11-31-28(34-26)39-4)27(38)33-19-7-18-14-36(3)35-25(18)24(8-19)40-20-9-29-15-30-10-20/h5-11,14-17,32H,12-13H2,1-4H3,(H,33,38). The van der Waals surface area contributed by atoms with Crippen LogP contribution in [0, 0.1) is 0 Å². The first-order valence-electron chi connectivity index (χ1n) is 12.9. The summed E-state index contributed by atoms with van der Waals surface area (Å²) in [5, 5.41) is 12.7. The normalized spacial score (nSPS) is 17.2. The molecule has 0 spiro atoms. The van der Waals surface area contributed by atoms with Crippen molar-refractivity contribution in [2.75, 3.05) is 30.4 Å². The smallest absolute Gasteiger partial charge is 0.316 e. The number of hydrogen-bond donors (Lipinski definition) is 2. The number of nitrogens with one attached hydrogen (secondary N) is 2. The van der Waals surface area contributed by atoms with E-state index < -0.39 is 0 Å². The number of ether oxygens (including phenoxy) is 2. The summed E-state index contributed by atoms with van der Waals surface area (Å²) < 4.78 is 13.0. The van der Waals surface area contributed by atoms with Crippen LogP contribution in [0.15, 0.2) is 55.4 Å². The lowest BCUT2D eigenvalue weighted by Gasteiger charge is -2.38. The zero-order valence-electron chi connectivity index (χ0n) is 22.6. The van der Waals surface area contributed by atoms with Crippen LogP contribution in [0.2, 0.25) is 0 Å². The van der Waals surface area contributed by atoms with Gasteiger partial charge in [0.1, 0.15) is 11.8 Å². The first kappa shape index (κ1) is 25.4. The van der Waals surface area contributed by atoms with Crippen molar-refractivity contribution in [3.63, 3.8) is 0 Å². The Morgan fingerprint density at radius 3 is 2.60 bits per heavy atom. The van der Waals surface area contributed by atoms with Crippen LogP contribution in [-0.4, -0.2) is 67.9 Å². The van der Waals surface area contributed by atoms with Crippen molar-refractivity contribution in [3.05, 3.63) is 60.9 Å². The fourth-order valence-electron chi connectivity index (χ4n) is 5.21. The molecule has 3 aromatic heterocycles. The number of piperazine rings is 1. The summed E-state index contributed by atoms with van der Waals surface area (Å²) in [6, 6.07) is 8.19. The van der Waals surface area contributed by atoms with Gasteiger partial charge in [0.2, 0.25) is 0 Å². The molecule has 12 heteroatoms. The van der Waals surface area contributed by atoms with Gasteiger partial charge in [0, 0.05) is 72.8 Å².